The minimum absolute atomic E-state index is 0.129. The molecule has 3 nitrogen and oxygen atoms in total. The van der Waals surface area contributed by atoms with Crippen LogP contribution in [0.25, 0.3) is 0 Å². The summed E-state index contributed by atoms with van der Waals surface area (Å²) in [7, 11) is 0. The first-order valence-corrected chi connectivity index (χ1v) is 4.04. The number of thioether (sulfide) groups is 1. The summed E-state index contributed by atoms with van der Waals surface area (Å²) >= 11 is 0.570. The number of hydrogen-bond donors (Lipinski definition) is 1. The molecule has 7 heteroatoms. The molecule has 0 aliphatic carbocycles. The fraction of sp³-hybridized carbons (Fsp3) is 0.600. The van der Waals surface area contributed by atoms with Crippen LogP contribution in [0.3, 0.4) is 0 Å². The summed E-state index contributed by atoms with van der Waals surface area (Å²) < 4.78 is 35.0. The number of alkyl halides is 3. The van der Waals surface area contributed by atoms with Crippen LogP contribution < -0.4 is 0 Å². The van der Waals surface area contributed by atoms with E-state index in [1.807, 2.05) is 0 Å². The van der Waals surface area contributed by atoms with E-state index >= 15 is 0 Å². The Hall–Kier alpha value is -0.720. The van der Waals surface area contributed by atoms with E-state index in [0.717, 1.165) is 0 Å². The summed E-state index contributed by atoms with van der Waals surface area (Å²) in [4.78, 5) is 3.71. The molecule has 1 N–H and O–H groups in total. The normalized spacial score (nSPS) is 12.0. The van der Waals surface area contributed by atoms with Gasteiger partial charge < -0.3 is 0 Å². The lowest BCUT2D eigenvalue weighted by Crippen LogP contribution is -2.10. The van der Waals surface area contributed by atoms with Gasteiger partial charge in [-0.15, -0.1) is 5.10 Å². The molecule has 0 spiro atoms. The van der Waals surface area contributed by atoms with Gasteiger partial charge in [-0.25, -0.2) is 4.98 Å². The lowest BCUT2D eigenvalue weighted by atomic mass is 10.8. The lowest BCUT2D eigenvalue weighted by Gasteiger charge is -2.01. The van der Waals surface area contributed by atoms with Gasteiger partial charge in [0.2, 0.25) is 5.16 Å². The Kier molecular flexibility index (Phi) is 2.61. The third kappa shape index (κ3) is 3.12. The van der Waals surface area contributed by atoms with Crippen LogP contribution in [-0.2, 0) is 0 Å². The molecule has 1 heterocycles. The second-order valence-electron chi connectivity index (χ2n) is 2.11. The van der Waals surface area contributed by atoms with Crippen LogP contribution in [0.5, 0.6) is 0 Å². The van der Waals surface area contributed by atoms with E-state index in [0.29, 0.717) is 17.6 Å². The van der Waals surface area contributed by atoms with Crippen LogP contribution in [0.15, 0.2) is 5.16 Å². The molecule has 0 saturated heterocycles. The van der Waals surface area contributed by atoms with Gasteiger partial charge in [-0.05, 0) is 6.92 Å². The molecule has 0 unspecified atom stereocenters. The maximum atomic E-state index is 11.7. The van der Waals surface area contributed by atoms with Crippen molar-refractivity contribution in [3.8, 4) is 0 Å². The highest BCUT2D eigenvalue weighted by Crippen LogP contribution is 2.24. The van der Waals surface area contributed by atoms with Crippen molar-refractivity contribution in [3.05, 3.63) is 5.82 Å². The van der Waals surface area contributed by atoms with Gasteiger partial charge in [-0.2, -0.15) is 13.2 Å². The SMILES string of the molecule is Cc1nc(SCC(F)(F)F)n[nH]1. The zero-order valence-electron chi connectivity index (χ0n) is 6.14. The van der Waals surface area contributed by atoms with E-state index in [1.165, 1.54) is 0 Å². The highest BCUT2D eigenvalue weighted by molar-refractivity contribution is 7.99. The predicted octanol–water partition coefficient (Wildman–Crippen LogP) is 1.77. The summed E-state index contributed by atoms with van der Waals surface area (Å²) in [5, 5.41) is 6.13. The van der Waals surface area contributed by atoms with Crippen LogP contribution in [0, 0.1) is 6.92 Å². The number of aromatic nitrogens is 3. The molecule has 68 valence electrons. The van der Waals surface area contributed by atoms with Crippen LogP contribution >= 0.6 is 11.8 Å². The lowest BCUT2D eigenvalue weighted by molar-refractivity contribution is -0.105. The van der Waals surface area contributed by atoms with E-state index in [2.05, 4.69) is 15.2 Å². The summed E-state index contributed by atoms with van der Waals surface area (Å²) in [5.41, 5.74) is 0. The van der Waals surface area contributed by atoms with Crippen LogP contribution in [0.4, 0.5) is 13.2 Å². The van der Waals surface area contributed by atoms with Crippen molar-refractivity contribution in [2.75, 3.05) is 5.75 Å². The minimum atomic E-state index is -4.17. The quantitative estimate of drug-likeness (QED) is 0.734. The van der Waals surface area contributed by atoms with E-state index in [4.69, 9.17) is 0 Å². The Morgan fingerprint density at radius 1 is 1.50 bits per heavy atom. The molecule has 0 bridgehead atoms. The zero-order valence-corrected chi connectivity index (χ0v) is 6.96. The van der Waals surface area contributed by atoms with Crippen molar-refractivity contribution in [2.24, 2.45) is 0 Å². The molecular weight excluding hydrogens is 191 g/mol. The fourth-order valence-corrected chi connectivity index (χ4v) is 1.14. The van der Waals surface area contributed by atoms with Gasteiger partial charge in [0.1, 0.15) is 5.82 Å². The number of aromatic amines is 1. The zero-order chi connectivity index (χ0) is 9.19. The maximum absolute atomic E-state index is 11.7. The second kappa shape index (κ2) is 3.34. The molecule has 1 aromatic rings. The summed E-state index contributed by atoms with van der Waals surface area (Å²) in [6, 6.07) is 0. The Morgan fingerprint density at radius 3 is 2.58 bits per heavy atom. The second-order valence-corrected chi connectivity index (χ2v) is 3.05. The fourth-order valence-electron chi connectivity index (χ4n) is 0.533. The third-order valence-corrected chi connectivity index (χ3v) is 1.85. The number of aryl methyl sites for hydroxylation is 1. The molecule has 0 aliphatic heterocycles. The summed E-state index contributed by atoms with van der Waals surface area (Å²) in [6.07, 6.45) is -4.17. The number of rotatable bonds is 2. The molecule has 1 aromatic heterocycles. The molecule has 0 atom stereocenters. The first-order valence-electron chi connectivity index (χ1n) is 3.06. The largest absolute Gasteiger partial charge is 0.398 e. The van der Waals surface area contributed by atoms with Gasteiger partial charge in [-0.1, -0.05) is 11.8 Å². The van der Waals surface area contributed by atoms with E-state index in [-0.39, 0.29) is 5.16 Å². The van der Waals surface area contributed by atoms with Crippen LogP contribution in [0.1, 0.15) is 5.82 Å². The Balaban J connectivity index is 2.44. The number of hydrogen-bond acceptors (Lipinski definition) is 3. The van der Waals surface area contributed by atoms with Crippen molar-refractivity contribution in [1.82, 2.24) is 15.2 Å². The van der Waals surface area contributed by atoms with Crippen molar-refractivity contribution < 1.29 is 13.2 Å². The highest BCUT2D eigenvalue weighted by atomic mass is 32.2. The van der Waals surface area contributed by atoms with Gasteiger partial charge in [0, 0.05) is 0 Å². The van der Waals surface area contributed by atoms with E-state index in [1.54, 1.807) is 6.92 Å². The van der Waals surface area contributed by atoms with E-state index < -0.39 is 11.9 Å². The monoisotopic (exact) mass is 197 g/mol. The van der Waals surface area contributed by atoms with Gasteiger partial charge >= 0.3 is 6.18 Å². The van der Waals surface area contributed by atoms with Gasteiger partial charge in [-0.3, -0.25) is 5.10 Å². The Labute approximate surface area is 70.8 Å². The van der Waals surface area contributed by atoms with Crippen molar-refractivity contribution in [1.29, 1.82) is 0 Å². The number of H-pyrrole nitrogens is 1. The average molecular weight is 197 g/mol. The highest BCUT2D eigenvalue weighted by Gasteiger charge is 2.27. The van der Waals surface area contributed by atoms with Gasteiger partial charge in [0.25, 0.3) is 0 Å². The third-order valence-electron chi connectivity index (χ3n) is 0.942. The maximum Gasteiger partial charge on any atom is 0.398 e. The smallest absolute Gasteiger partial charge is 0.262 e. The van der Waals surface area contributed by atoms with Gasteiger partial charge in [0.15, 0.2) is 0 Å². The molecule has 0 saturated carbocycles. The average Bonchev–Trinajstić information content (AvgIpc) is 2.30. The molecule has 0 aliphatic rings. The van der Waals surface area contributed by atoms with Crippen LogP contribution in [0.2, 0.25) is 0 Å². The molecule has 1 rings (SSSR count). The molecule has 12 heavy (non-hydrogen) atoms. The van der Waals surface area contributed by atoms with Gasteiger partial charge in [0.05, 0.1) is 5.75 Å². The topological polar surface area (TPSA) is 41.6 Å². The van der Waals surface area contributed by atoms with Crippen molar-refractivity contribution >= 4 is 11.8 Å². The molecule has 0 radical (unpaired) electrons. The summed E-state index contributed by atoms with van der Waals surface area (Å²) in [6.45, 7) is 1.63. The molecule has 0 amide bonds. The molecular formula is C5H6F3N3S. The van der Waals surface area contributed by atoms with E-state index in [9.17, 15) is 13.2 Å². The predicted molar refractivity (Wildman–Crippen MR) is 37.9 cm³/mol. The molecule has 0 fully saturated rings. The standard InChI is InChI=1S/C5H6F3N3S/c1-3-9-4(11-10-3)12-2-5(6,7)8/h2H2,1H3,(H,9,10,11). The number of halogens is 3. The van der Waals surface area contributed by atoms with Crippen molar-refractivity contribution in [2.45, 2.75) is 18.3 Å². The Morgan fingerprint density at radius 2 is 2.17 bits per heavy atom. The van der Waals surface area contributed by atoms with Crippen molar-refractivity contribution in [3.63, 3.8) is 0 Å². The molecule has 0 aromatic carbocycles. The van der Waals surface area contributed by atoms with Crippen LogP contribution in [-0.4, -0.2) is 27.1 Å². The Bertz CT molecular complexity index is 257. The first kappa shape index (κ1) is 9.37. The summed E-state index contributed by atoms with van der Waals surface area (Å²) in [5.74, 6) is -0.440. The number of nitrogens with one attached hydrogen (secondary N) is 1. The first-order chi connectivity index (χ1) is 5.47. The number of nitrogens with zero attached hydrogens (tertiary/aromatic N) is 2. The minimum Gasteiger partial charge on any atom is -0.262 e.